The summed E-state index contributed by atoms with van der Waals surface area (Å²) in [6.07, 6.45) is 0.436. The van der Waals surface area contributed by atoms with Crippen LogP contribution in [0, 0.1) is 0 Å². The highest BCUT2D eigenvalue weighted by Gasteiger charge is 2.20. The normalized spacial score (nSPS) is 12.1. The number of amides is 1. The van der Waals surface area contributed by atoms with Gasteiger partial charge in [0.2, 0.25) is 5.91 Å². The van der Waals surface area contributed by atoms with E-state index in [0.717, 1.165) is 28.2 Å². The Morgan fingerprint density at radius 1 is 0.684 bits per heavy atom. The number of anilines is 3. The summed E-state index contributed by atoms with van der Waals surface area (Å²) in [7, 11) is 0. The Morgan fingerprint density at radius 2 is 1.18 bits per heavy atom. The van der Waals surface area contributed by atoms with Crippen molar-refractivity contribution >= 4 is 28.8 Å². The van der Waals surface area contributed by atoms with Gasteiger partial charge < -0.3 is 21.9 Å². The number of hydrogen-bond acceptors (Lipinski definition) is 5. The van der Waals surface area contributed by atoms with Gasteiger partial charge in [-0.2, -0.15) is 0 Å². The molecule has 0 spiro atoms. The predicted octanol–water partition coefficient (Wildman–Crippen LogP) is 7.42. The molecule has 38 heavy (non-hydrogen) atoms. The summed E-state index contributed by atoms with van der Waals surface area (Å²) in [5.41, 5.74) is 19.5. The van der Waals surface area contributed by atoms with Gasteiger partial charge in [-0.25, -0.2) is 0 Å². The van der Waals surface area contributed by atoms with Gasteiger partial charge in [-0.05, 0) is 59.1 Å². The van der Waals surface area contributed by atoms with Gasteiger partial charge in [0.05, 0.1) is 17.4 Å². The first-order chi connectivity index (χ1) is 18.1. The predicted molar refractivity (Wildman–Crippen MR) is 159 cm³/mol. The maximum absolute atomic E-state index is 13.2. The molecule has 0 saturated heterocycles. The Bertz CT molecular complexity index is 1250. The number of ketones is 1. The summed E-state index contributed by atoms with van der Waals surface area (Å²) < 4.78 is 0. The largest absolute Gasteiger partial charge is 0.326 e. The highest BCUT2D eigenvalue weighted by atomic mass is 16.1. The molecule has 0 bridgehead atoms. The summed E-state index contributed by atoms with van der Waals surface area (Å²) in [6, 6.07) is 20.8. The van der Waals surface area contributed by atoms with E-state index < -0.39 is 6.04 Å². The van der Waals surface area contributed by atoms with Crippen LogP contribution in [0.4, 0.5) is 17.1 Å². The molecule has 1 unspecified atom stereocenters. The molecular formula is C32H42N4O2. The van der Waals surface area contributed by atoms with Crippen LogP contribution in [-0.2, 0) is 4.79 Å². The number of nitrogens with one attached hydrogen (secondary N) is 3. The number of Topliss-reactive ketones (excluding diaryl/α,β-unsaturated/α-hetero) is 1. The number of benzene rings is 3. The number of carbonyl (C=O) groups is 2. The van der Waals surface area contributed by atoms with Gasteiger partial charge in [0, 0.05) is 17.7 Å². The van der Waals surface area contributed by atoms with Gasteiger partial charge in [-0.15, -0.1) is 0 Å². The van der Waals surface area contributed by atoms with Crippen LogP contribution in [0.3, 0.4) is 0 Å². The molecule has 6 nitrogen and oxygen atoms in total. The molecule has 3 aromatic carbocycles. The summed E-state index contributed by atoms with van der Waals surface area (Å²) in [5.74, 6) is 0.593. The van der Waals surface area contributed by atoms with E-state index in [0.29, 0.717) is 17.4 Å². The molecule has 6 heteroatoms. The minimum absolute atomic E-state index is 0.146. The van der Waals surface area contributed by atoms with Crippen molar-refractivity contribution in [2.45, 2.75) is 78.2 Å². The van der Waals surface area contributed by atoms with Crippen molar-refractivity contribution in [3.63, 3.8) is 0 Å². The molecule has 0 aliphatic rings. The molecular weight excluding hydrogens is 472 g/mol. The van der Waals surface area contributed by atoms with Crippen LogP contribution in [0.2, 0.25) is 0 Å². The molecule has 202 valence electrons. The second-order valence-corrected chi connectivity index (χ2v) is 10.7. The summed E-state index contributed by atoms with van der Waals surface area (Å²) in [6.45, 7) is 12.7. The lowest BCUT2D eigenvalue weighted by Crippen LogP contribution is -2.32. The third-order valence-corrected chi connectivity index (χ3v) is 6.75. The van der Waals surface area contributed by atoms with Crippen molar-refractivity contribution in [3.05, 3.63) is 89.0 Å². The number of hydrazine groups is 1. The van der Waals surface area contributed by atoms with Crippen LogP contribution < -0.4 is 21.9 Å². The van der Waals surface area contributed by atoms with Crippen LogP contribution in [0.15, 0.2) is 66.7 Å². The molecule has 0 aliphatic heterocycles. The molecule has 0 fully saturated rings. The lowest BCUT2D eigenvalue weighted by atomic mass is 9.95. The lowest BCUT2D eigenvalue weighted by molar-refractivity contribution is -0.116. The maximum atomic E-state index is 13.2. The zero-order chi connectivity index (χ0) is 27.8. The Balaban J connectivity index is 1.68. The van der Waals surface area contributed by atoms with Gasteiger partial charge in [0.25, 0.3) is 0 Å². The van der Waals surface area contributed by atoms with Crippen molar-refractivity contribution < 1.29 is 9.59 Å². The number of nitrogens with two attached hydrogens (primary N) is 1. The first kappa shape index (κ1) is 28.9. The zero-order valence-corrected chi connectivity index (χ0v) is 23.5. The van der Waals surface area contributed by atoms with E-state index in [9.17, 15) is 9.59 Å². The van der Waals surface area contributed by atoms with E-state index in [2.05, 4.69) is 63.8 Å². The molecule has 3 aromatic rings. The van der Waals surface area contributed by atoms with Crippen LogP contribution in [0.25, 0.3) is 0 Å². The molecule has 0 saturated carbocycles. The van der Waals surface area contributed by atoms with Crippen molar-refractivity contribution in [3.8, 4) is 0 Å². The minimum atomic E-state index is -0.770. The average molecular weight is 515 g/mol. The van der Waals surface area contributed by atoms with E-state index in [-0.39, 0.29) is 30.4 Å². The standard InChI is InChI=1S/C32H42N4O2/c1-20(2)24-11-7-9-13-28(24)34-31(37)18-17-27(33)32(38)23-15-16-26(22(5)6)30(19-23)36-35-29-14-10-8-12-25(29)21(3)4/h7-16,19-22,27,35-36H,17-18,33H2,1-6H3,(H,34,37). The number of hydrogen-bond donors (Lipinski definition) is 4. The molecule has 5 N–H and O–H groups in total. The first-order valence-corrected chi connectivity index (χ1v) is 13.5. The summed E-state index contributed by atoms with van der Waals surface area (Å²) in [4.78, 5) is 25.8. The monoisotopic (exact) mass is 514 g/mol. The molecule has 0 heterocycles. The molecule has 1 atom stereocenters. The van der Waals surface area contributed by atoms with Gasteiger partial charge in [0.15, 0.2) is 5.78 Å². The third-order valence-electron chi connectivity index (χ3n) is 6.75. The number of rotatable bonds is 12. The fourth-order valence-corrected chi connectivity index (χ4v) is 4.53. The molecule has 1 amide bonds. The molecule has 0 radical (unpaired) electrons. The van der Waals surface area contributed by atoms with Crippen LogP contribution in [-0.4, -0.2) is 17.7 Å². The van der Waals surface area contributed by atoms with Crippen molar-refractivity contribution in [1.29, 1.82) is 0 Å². The second-order valence-electron chi connectivity index (χ2n) is 10.7. The van der Waals surface area contributed by atoms with Crippen molar-refractivity contribution in [2.75, 3.05) is 16.2 Å². The second kappa shape index (κ2) is 13.2. The molecule has 3 rings (SSSR count). The van der Waals surface area contributed by atoms with Crippen LogP contribution in [0.5, 0.6) is 0 Å². The fraction of sp³-hybridized carbons (Fsp3) is 0.375. The Hall–Kier alpha value is -3.64. The van der Waals surface area contributed by atoms with E-state index in [4.69, 9.17) is 5.73 Å². The minimum Gasteiger partial charge on any atom is -0.326 e. The Morgan fingerprint density at radius 3 is 1.79 bits per heavy atom. The van der Waals surface area contributed by atoms with Crippen molar-refractivity contribution in [1.82, 2.24) is 0 Å². The van der Waals surface area contributed by atoms with Crippen molar-refractivity contribution in [2.24, 2.45) is 5.73 Å². The topological polar surface area (TPSA) is 96.2 Å². The van der Waals surface area contributed by atoms with Crippen LogP contribution >= 0.6 is 0 Å². The number of carbonyl (C=O) groups excluding carboxylic acids is 2. The third kappa shape index (κ3) is 7.45. The Labute approximate surface area is 227 Å². The molecule has 0 aromatic heterocycles. The number of para-hydroxylation sites is 2. The zero-order valence-electron chi connectivity index (χ0n) is 23.5. The van der Waals surface area contributed by atoms with E-state index >= 15 is 0 Å². The maximum Gasteiger partial charge on any atom is 0.224 e. The smallest absolute Gasteiger partial charge is 0.224 e. The summed E-state index contributed by atoms with van der Waals surface area (Å²) in [5, 5.41) is 2.98. The highest BCUT2D eigenvalue weighted by molar-refractivity contribution is 6.01. The fourth-order valence-electron chi connectivity index (χ4n) is 4.53. The van der Waals surface area contributed by atoms with Gasteiger partial charge in [-0.1, -0.05) is 90.1 Å². The highest BCUT2D eigenvalue weighted by Crippen LogP contribution is 2.29. The van der Waals surface area contributed by atoms with Gasteiger partial charge in [0.1, 0.15) is 0 Å². The van der Waals surface area contributed by atoms with E-state index in [1.54, 1.807) is 0 Å². The summed E-state index contributed by atoms with van der Waals surface area (Å²) >= 11 is 0. The lowest BCUT2D eigenvalue weighted by Gasteiger charge is -2.20. The first-order valence-electron chi connectivity index (χ1n) is 13.5. The van der Waals surface area contributed by atoms with Gasteiger partial charge >= 0.3 is 0 Å². The quantitative estimate of drug-likeness (QED) is 0.149. The van der Waals surface area contributed by atoms with E-state index in [1.807, 2.05) is 60.7 Å². The van der Waals surface area contributed by atoms with E-state index in [1.165, 1.54) is 5.56 Å². The SMILES string of the molecule is CC(C)c1ccccc1NNc1cc(C(=O)C(N)CCC(=O)Nc2ccccc2C(C)C)ccc1C(C)C. The molecule has 0 aliphatic carbocycles. The Kier molecular flexibility index (Phi) is 10.1. The van der Waals surface area contributed by atoms with Crippen LogP contribution in [0.1, 0.15) is 99.2 Å². The van der Waals surface area contributed by atoms with Gasteiger partial charge in [-0.3, -0.25) is 9.59 Å². The average Bonchev–Trinajstić information content (AvgIpc) is 2.90.